The molecular weight excluding hydrogens is 364 g/mol. The lowest BCUT2D eigenvalue weighted by atomic mass is 9.95. The van der Waals surface area contributed by atoms with Crippen molar-refractivity contribution >= 4 is 23.2 Å². The van der Waals surface area contributed by atoms with Gasteiger partial charge in [-0.1, -0.05) is 6.07 Å². The highest BCUT2D eigenvalue weighted by molar-refractivity contribution is 5.95. The van der Waals surface area contributed by atoms with Crippen LogP contribution in [0.15, 0.2) is 30.3 Å². The number of ether oxygens (including phenoxy) is 1. The molecule has 0 saturated heterocycles. The van der Waals surface area contributed by atoms with E-state index in [0.29, 0.717) is 25.9 Å². The van der Waals surface area contributed by atoms with Gasteiger partial charge in [-0.15, -0.1) is 0 Å². The highest BCUT2D eigenvalue weighted by Gasteiger charge is 2.23. The number of carbonyl (C=O) groups is 2. The first-order valence-electron chi connectivity index (χ1n) is 10.5. The Morgan fingerprint density at radius 3 is 2.86 bits per heavy atom. The van der Waals surface area contributed by atoms with Crippen molar-refractivity contribution in [3.05, 3.63) is 52.6 Å². The van der Waals surface area contributed by atoms with Crippen LogP contribution in [0.1, 0.15) is 47.9 Å². The Kier molecular flexibility index (Phi) is 5.56. The first-order valence-corrected chi connectivity index (χ1v) is 10.5. The second-order valence-corrected chi connectivity index (χ2v) is 8.05. The molecule has 152 valence electrons. The van der Waals surface area contributed by atoms with Gasteiger partial charge in [0.1, 0.15) is 5.75 Å². The average Bonchev–Trinajstić information content (AvgIpc) is 2.70. The summed E-state index contributed by atoms with van der Waals surface area (Å²) in [4.78, 5) is 26.3. The molecule has 0 saturated carbocycles. The number of benzene rings is 2. The third-order valence-corrected chi connectivity index (χ3v) is 5.77. The summed E-state index contributed by atoms with van der Waals surface area (Å²) in [6.07, 6.45) is 4.49. The van der Waals surface area contributed by atoms with Gasteiger partial charge in [0, 0.05) is 30.8 Å². The van der Waals surface area contributed by atoms with Gasteiger partial charge in [0.15, 0.2) is 0 Å². The normalized spacial score (nSPS) is 15.4. The van der Waals surface area contributed by atoms with Gasteiger partial charge in [-0.2, -0.15) is 0 Å². The molecule has 1 N–H and O–H groups in total. The van der Waals surface area contributed by atoms with Crippen LogP contribution in [0.25, 0.3) is 0 Å². The number of hydrogen-bond donors (Lipinski definition) is 1. The second-order valence-electron chi connectivity index (χ2n) is 8.05. The van der Waals surface area contributed by atoms with E-state index < -0.39 is 0 Å². The number of aryl methyl sites for hydroxylation is 3. The van der Waals surface area contributed by atoms with Gasteiger partial charge in [-0.3, -0.25) is 9.59 Å². The number of amides is 2. The van der Waals surface area contributed by atoms with E-state index in [-0.39, 0.29) is 11.8 Å². The number of nitrogens with one attached hydrogen (secondary N) is 1. The Morgan fingerprint density at radius 2 is 2.00 bits per heavy atom. The van der Waals surface area contributed by atoms with Gasteiger partial charge in [0.2, 0.25) is 11.8 Å². The van der Waals surface area contributed by atoms with Gasteiger partial charge < -0.3 is 15.0 Å². The van der Waals surface area contributed by atoms with E-state index >= 15 is 0 Å². The minimum absolute atomic E-state index is 0.0642. The zero-order valence-electron chi connectivity index (χ0n) is 17.2. The fourth-order valence-corrected chi connectivity index (χ4v) is 4.33. The first kappa shape index (κ1) is 19.5. The van der Waals surface area contributed by atoms with Crippen LogP contribution in [-0.2, 0) is 22.4 Å². The van der Waals surface area contributed by atoms with E-state index in [4.69, 9.17) is 4.74 Å². The van der Waals surface area contributed by atoms with Crippen LogP contribution in [0.5, 0.6) is 5.75 Å². The van der Waals surface area contributed by atoms with E-state index in [2.05, 4.69) is 31.3 Å². The minimum atomic E-state index is 0.0642. The highest BCUT2D eigenvalue weighted by atomic mass is 16.5. The van der Waals surface area contributed by atoms with Crippen LogP contribution in [0.4, 0.5) is 11.4 Å². The number of hydrogen-bond acceptors (Lipinski definition) is 3. The number of nitrogens with zero attached hydrogens (tertiary/aromatic N) is 1. The van der Waals surface area contributed by atoms with Crippen LogP contribution in [-0.4, -0.2) is 25.0 Å². The zero-order chi connectivity index (χ0) is 20.4. The lowest BCUT2D eigenvalue weighted by Gasteiger charge is -2.31. The lowest BCUT2D eigenvalue weighted by molar-refractivity contribution is -0.119. The predicted octanol–water partition coefficient (Wildman–Crippen LogP) is 4.33. The molecule has 0 unspecified atom stereocenters. The van der Waals surface area contributed by atoms with E-state index in [1.165, 1.54) is 16.7 Å². The van der Waals surface area contributed by atoms with Crippen molar-refractivity contribution in [2.24, 2.45) is 0 Å². The minimum Gasteiger partial charge on any atom is -0.494 e. The molecule has 2 aliphatic heterocycles. The molecule has 0 aliphatic carbocycles. The summed E-state index contributed by atoms with van der Waals surface area (Å²) < 4.78 is 5.86. The quantitative estimate of drug-likeness (QED) is 0.771. The monoisotopic (exact) mass is 392 g/mol. The Hall–Kier alpha value is -2.82. The van der Waals surface area contributed by atoms with Gasteiger partial charge in [0.25, 0.3) is 0 Å². The third kappa shape index (κ3) is 4.29. The summed E-state index contributed by atoms with van der Waals surface area (Å²) in [5.41, 5.74) is 6.87. The smallest absolute Gasteiger partial charge is 0.227 e. The van der Waals surface area contributed by atoms with Crippen molar-refractivity contribution in [1.82, 2.24) is 0 Å². The van der Waals surface area contributed by atoms with Gasteiger partial charge >= 0.3 is 0 Å². The van der Waals surface area contributed by atoms with Crippen LogP contribution >= 0.6 is 0 Å². The van der Waals surface area contributed by atoms with Gasteiger partial charge in [-0.25, -0.2) is 0 Å². The maximum Gasteiger partial charge on any atom is 0.227 e. The summed E-state index contributed by atoms with van der Waals surface area (Å²) in [7, 11) is 0. The van der Waals surface area contributed by atoms with Crippen molar-refractivity contribution in [1.29, 1.82) is 0 Å². The molecule has 2 amide bonds. The maximum atomic E-state index is 12.8. The average molecular weight is 392 g/mol. The molecule has 2 heterocycles. The van der Waals surface area contributed by atoms with E-state index in [1.54, 1.807) is 0 Å². The molecule has 2 aliphatic rings. The van der Waals surface area contributed by atoms with Gasteiger partial charge in [0.05, 0.1) is 6.61 Å². The molecule has 0 radical (unpaired) electrons. The van der Waals surface area contributed by atoms with E-state index in [1.807, 2.05) is 23.1 Å². The third-order valence-electron chi connectivity index (χ3n) is 5.77. The molecule has 0 fully saturated rings. The molecule has 0 aromatic heterocycles. The van der Waals surface area contributed by atoms with E-state index in [9.17, 15) is 9.59 Å². The van der Waals surface area contributed by atoms with Crippen LogP contribution in [0.2, 0.25) is 0 Å². The van der Waals surface area contributed by atoms with Crippen molar-refractivity contribution in [3.63, 3.8) is 0 Å². The van der Waals surface area contributed by atoms with Crippen molar-refractivity contribution in [2.45, 2.75) is 52.4 Å². The molecule has 5 heteroatoms. The number of carbonyl (C=O) groups excluding carboxylic acids is 2. The summed E-state index contributed by atoms with van der Waals surface area (Å²) in [5, 5.41) is 2.88. The number of fused-ring (bicyclic) bond motifs is 2. The Balaban J connectivity index is 1.32. The Bertz CT molecular complexity index is 951. The first-order chi connectivity index (χ1) is 14.0. The molecular formula is C24H28N2O3. The van der Waals surface area contributed by atoms with E-state index in [0.717, 1.165) is 48.5 Å². The fraction of sp³-hybridized carbons (Fsp3) is 0.417. The zero-order valence-corrected chi connectivity index (χ0v) is 17.2. The standard InChI is InChI=1S/C24H28N2O3/c1-16-13-17(2)20-5-3-11-26(22(20)14-16)24(28)6-4-12-29-19-8-9-21-18(15-19)7-10-23(27)25-21/h8-9,13-15H,3-7,10-12H2,1-2H3,(H,25,27). The Morgan fingerprint density at radius 1 is 1.14 bits per heavy atom. The molecule has 29 heavy (non-hydrogen) atoms. The molecule has 5 nitrogen and oxygen atoms in total. The maximum absolute atomic E-state index is 12.8. The second kappa shape index (κ2) is 8.27. The fourth-order valence-electron chi connectivity index (χ4n) is 4.33. The summed E-state index contributed by atoms with van der Waals surface area (Å²) in [6.45, 7) is 5.52. The molecule has 0 spiro atoms. The lowest BCUT2D eigenvalue weighted by Crippen LogP contribution is -2.35. The number of rotatable bonds is 5. The highest BCUT2D eigenvalue weighted by Crippen LogP contribution is 2.32. The van der Waals surface area contributed by atoms with Crippen LogP contribution in [0, 0.1) is 13.8 Å². The van der Waals surface area contributed by atoms with Crippen molar-refractivity contribution < 1.29 is 14.3 Å². The van der Waals surface area contributed by atoms with Crippen LogP contribution in [0.3, 0.4) is 0 Å². The SMILES string of the molecule is Cc1cc(C)c2c(c1)N(C(=O)CCCOc1ccc3c(c1)CCC(=O)N3)CCC2. The van der Waals surface area contributed by atoms with Crippen molar-refractivity contribution in [3.8, 4) is 5.75 Å². The molecule has 2 aromatic rings. The Labute approximate surface area is 172 Å². The summed E-state index contributed by atoms with van der Waals surface area (Å²) >= 11 is 0. The summed E-state index contributed by atoms with van der Waals surface area (Å²) in [5.74, 6) is 1.03. The van der Waals surface area contributed by atoms with Gasteiger partial charge in [-0.05, 0) is 86.1 Å². The summed E-state index contributed by atoms with van der Waals surface area (Å²) in [6, 6.07) is 10.1. The predicted molar refractivity (Wildman–Crippen MR) is 115 cm³/mol. The molecule has 0 bridgehead atoms. The largest absolute Gasteiger partial charge is 0.494 e. The number of anilines is 2. The molecule has 0 atom stereocenters. The molecule has 4 rings (SSSR count). The van der Waals surface area contributed by atoms with Crippen LogP contribution < -0.4 is 15.0 Å². The topological polar surface area (TPSA) is 58.6 Å². The van der Waals surface area contributed by atoms with Crippen molar-refractivity contribution in [2.75, 3.05) is 23.4 Å². The molecule has 2 aromatic carbocycles.